The smallest absolute Gasteiger partial charge is 0.271 e. The van der Waals surface area contributed by atoms with Gasteiger partial charge >= 0.3 is 0 Å². The molecule has 0 unspecified atom stereocenters. The van der Waals surface area contributed by atoms with Crippen molar-refractivity contribution in [3.8, 4) is 0 Å². The molecule has 0 spiro atoms. The summed E-state index contributed by atoms with van der Waals surface area (Å²) in [6.45, 7) is 0.767. The first-order valence-corrected chi connectivity index (χ1v) is 10.0. The zero-order chi connectivity index (χ0) is 18.6. The van der Waals surface area contributed by atoms with Gasteiger partial charge in [-0.05, 0) is 73.8 Å². The normalized spacial score (nSPS) is 31.2. The number of carbonyl (C=O) groups excluding carboxylic acids is 2. The van der Waals surface area contributed by atoms with E-state index in [1.54, 1.807) is 23.7 Å². The minimum atomic E-state index is -0.251. The summed E-state index contributed by atoms with van der Waals surface area (Å²) in [5.41, 5.74) is 1.76. The third-order valence-corrected chi connectivity index (χ3v) is 6.97. The molecule has 6 heteroatoms. The van der Waals surface area contributed by atoms with E-state index in [0.717, 1.165) is 24.3 Å². The molecule has 27 heavy (non-hydrogen) atoms. The Morgan fingerprint density at radius 1 is 1.11 bits per heavy atom. The van der Waals surface area contributed by atoms with E-state index in [-0.39, 0.29) is 11.8 Å². The van der Waals surface area contributed by atoms with Crippen LogP contribution in [0, 0.1) is 23.2 Å². The molecule has 0 aromatic carbocycles. The van der Waals surface area contributed by atoms with Gasteiger partial charge in [0, 0.05) is 19.8 Å². The first-order valence-electron chi connectivity index (χ1n) is 10.0. The molecule has 0 atom stereocenters. The molecule has 2 heterocycles. The third kappa shape index (κ3) is 2.82. The lowest BCUT2D eigenvalue weighted by Gasteiger charge is -2.56. The van der Waals surface area contributed by atoms with Crippen molar-refractivity contribution in [3.63, 3.8) is 0 Å². The Bertz CT molecular complexity index is 881. The van der Waals surface area contributed by atoms with E-state index in [1.165, 1.54) is 38.5 Å². The summed E-state index contributed by atoms with van der Waals surface area (Å²) in [6.07, 6.45) is 9.67. The second kappa shape index (κ2) is 6.08. The van der Waals surface area contributed by atoms with Gasteiger partial charge in [-0.25, -0.2) is 4.98 Å². The number of carbonyl (C=O) groups is 2. The van der Waals surface area contributed by atoms with Gasteiger partial charge in [0.2, 0.25) is 0 Å². The Morgan fingerprint density at radius 3 is 2.41 bits per heavy atom. The van der Waals surface area contributed by atoms with E-state index in [1.807, 2.05) is 12.1 Å². The van der Waals surface area contributed by atoms with Crippen LogP contribution < -0.4 is 10.6 Å². The minimum absolute atomic E-state index is 0.0859. The number of nitrogens with one attached hydrogen (secondary N) is 2. The molecule has 2 N–H and O–H groups in total. The molecular weight excluding hydrogens is 340 g/mol. The molecule has 0 saturated heterocycles. The topological polar surface area (TPSA) is 75.5 Å². The van der Waals surface area contributed by atoms with Gasteiger partial charge in [0.05, 0.1) is 0 Å². The molecule has 142 valence electrons. The third-order valence-electron chi connectivity index (χ3n) is 6.97. The van der Waals surface area contributed by atoms with Crippen LogP contribution >= 0.6 is 0 Å². The van der Waals surface area contributed by atoms with Crippen LogP contribution in [0.25, 0.3) is 5.65 Å². The lowest BCUT2D eigenvalue weighted by Crippen LogP contribution is -2.51. The summed E-state index contributed by atoms with van der Waals surface area (Å²) in [7, 11) is 1.57. The minimum Gasteiger partial charge on any atom is -0.354 e. The summed E-state index contributed by atoms with van der Waals surface area (Å²) in [5, 5.41) is 5.79. The van der Waals surface area contributed by atoms with Crippen molar-refractivity contribution >= 4 is 17.5 Å². The number of nitrogens with zero attached hydrogens (tertiary/aromatic N) is 2. The predicted octanol–water partition coefficient (Wildman–Crippen LogP) is 2.64. The van der Waals surface area contributed by atoms with Gasteiger partial charge in [-0.2, -0.15) is 0 Å². The van der Waals surface area contributed by atoms with Crippen molar-refractivity contribution < 1.29 is 9.59 Å². The van der Waals surface area contributed by atoms with Crippen LogP contribution in [0.3, 0.4) is 0 Å². The Balaban J connectivity index is 1.36. The van der Waals surface area contributed by atoms with Crippen LogP contribution in [0.2, 0.25) is 0 Å². The molecule has 0 aliphatic heterocycles. The summed E-state index contributed by atoms with van der Waals surface area (Å²) in [4.78, 5) is 29.1. The highest BCUT2D eigenvalue weighted by Gasteiger charge is 2.50. The van der Waals surface area contributed by atoms with E-state index in [4.69, 9.17) is 0 Å². The maximum absolute atomic E-state index is 12.9. The molecule has 4 bridgehead atoms. The second-order valence-electron chi connectivity index (χ2n) is 8.94. The molecule has 4 fully saturated rings. The van der Waals surface area contributed by atoms with Crippen molar-refractivity contribution in [2.45, 2.75) is 38.5 Å². The molecule has 6 nitrogen and oxygen atoms in total. The van der Waals surface area contributed by atoms with E-state index in [9.17, 15) is 9.59 Å². The summed E-state index contributed by atoms with van der Waals surface area (Å²) in [5.74, 6) is 2.29. The van der Waals surface area contributed by atoms with Gasteiger partial charge in [-0.15, -0.1) is 0 Å². The van der Waals surface area contributed by atoms with E-state index >= 15 is 0 Å². The molecule has 2 amide bonds. The van der Waals surface area contributed by atoms with Gasteiger partial charge in [0.25, 0.3) is 11.8 Å². The Hall–Kier alpha value is -2.37. The summed E-state index contributed by atoms with van der Waals surface area (Å²) in [6, 6.07) is 5.41. The van der Waals surface area contributed by atoms with Crippen LogP contribution in [0.5, 0.6) is 0 Å². The molecule has 4 aliphatic rings. The predicted molar refractivity (Wildman–Crippen MR) is 102 cm³/mol. The van der Waals surface area contributed by atoms with Crippen molar-refractivity contribution in [2.24, 2.45) is 23.2 Å². The lowest BCUT2D eigenvalue weighted by molar-refractivity contribution is -0.0503. The van der Waals surface area contributed by atoms with E-state index in [0.29, 0.717) is 22.5 Å². The van der Waals surface area contributed by atoms with E-state index in [2.05, 4.69) is 15.6 Å². The standard InChI is InChI=1S/C21H26N4O2/c1-22-19(26)16-11-25-17(3-2-4-18(25)24-16)20(27)23-12-21-8-13-5-14(9-21)7-15(6-13)10-21/h2-4,11,13-15H,5-10,12H2,1H3,(H,22,26)(H,23,27). The first kappa shape index (κ1) is 16.8. The quantitative estimate of drug-likeness (QED) is 0.873. The molecular formula is C21H26N4O2. The second-order valence-corrected chi connectivity index (χ2v) is 8.94. The molecule has 2 aromatic rings. The van der Waals surface area contributed by atoms with Crippen molar-refractivity contribution in [2.75, 3.05) is 13.6 Å². The summed E-state index contributed by atoms with van der Waals surface area (Å²) < 4.78 is 1.71. The molecule has 2 aromatic heterocycles. The number of hydrogen-bond donors (Lipinski definition) is 2. The van der Waals surface area contributed by atoms with Gasteiger partial charge < -0.3 is 10.6 Å². The number of imidazole rings is 1. The number of amides is 2. The van der Waals surface area contributed by atoms with Gasteiger partial charge in [0.15, 0.2) is 0 Å². The fraction of sp³-hybridized carbons (Fsp3) is 0.571. The van der Waals surface area contributed by atoms with Crippen LogP contribution in [0.15, 0.2) is 24.4 Å². The van der Waals surface area contributed by atoms with Crippen molar-refractivity contribution in [3.05, 3.63) is 35.8 Å². The van der Waals surface area contributed by atoms with Crippen LogP contribution in [-0.4, -0.2) is 34.8 Å². The highest BCUT2D eigenvalue weighted by molar-refractivity contribution is 5.95. The van der Waals surface area contributed by atoms with Crippen LogP contribution in [0.1, 0.15) is 59.5 Å². The van der Waals surface area contributed by atoms with Gasteiger partial charge in [-0.3, -0.25) is 14.0 Å². The van der Waals surface area contributed by atoms with Crippen LogP contribution in [0.4, 0.5) is 0 Å². The SMILES string of the molecule is CNC(=O)c1cn2c(C(=O)NCC34CC5CC(CC(C5)C3)C4)cccc2n1. The number of aromatic nitrogens is 2. The highest BCUT2D eigenvalue weighted by atomic mass is 16.2. The Kier molecular flexibility index (Phi) is 3.78. The van der Waals surface area contributed by atoms with Gasteiger partial charge in [0.1, 0.15) is 17.0 Å². The summed E-state index contributed by atoms with van der Waals surface area (Å²) >= 11 is 0. The average Bonchev–Trinajstić information content (AvgIpc) is 3.08. The maximum Gasteiger partial charge on any atom is 0.271 e. The number of pyridine rings is 1. The zero-order valence-corrected chi connectivity index (χ0v) is 15.7. The number of hydrogen-bond acceptors (Lipinski definition) is 3. The molecule has 0 radical (unpaired) electrons. The maximum atomic E-state index is 12.9. The average molecular weight is 366 g/mol. The van der Waals surface area contributed by atoms with Crippen molar-refractivity contribution in [1.82, 2.24) is 20.0 Å². The van der Waals surface area contributed by atoms with Crippen LogP contribution in [-0.2, 0) is 0 Å². The fourth-order valence-corrected chi connectivity index (χ4v) is 6.30. The highest BCUT2D eigenvalue weighted by Crippen LogP contribution is 2.59. The van der Waals surface area contributed by atoms with Crippen molar-refractivity contribution in [1.29, 1.82) is 0 Å². The van der Waals surface area contributed by atoms with Gasteiger partial charge in [-0.1, -0.05) is 6.07 Å². The molecule has 6 rings (SSSR count). The Labute approximate surface area is 158 Å². The first-order chi connectivity index (χ1) is 13.0. The molecule has 4 aliphatic carbocycles. The number of fused-ring (bicyclic) bond motifs is 1. The monoisotopic (exact) mass is 366 g/mol. The fourth-order valence-electron chi connectivity index (χ4n) is 6.30. The molecule has 4 saturated carbocycles. The van der Waals surface area contributed by atoms with E-state index < -0.39 is 0 Å². The Morgan fingerprint density at radius 2 is 1.78 bits per heavy atom. The zero-order valence-electron chi connectivity index (χ0n) is 15.7. The number of rotatable bonds is 4. The lowest BCUT2D eigenvalue weighted by atomic mass is 9.49. The largest absolute Gasteiger partial charge is 0.354 e.